The summed E-state index contributed by atoms with van der Waals surface area (Å²) in [4.78, 5) is 0. The fourth-order valence-corrected chi connectivity index (χ4v) is 2.21. The molecule has 2 rings (SSSR count). The van der Waals surface area contributed by atoms with Crippen molar-refractivity contribution in [2.45, 2.75) is 13.1 Å². The summed E-state index contributed by atoms with van der Waals surface area (Å²) >= 11 is 5.91. The minimum atomic E-state index is -0.401. The highest BCUT2D eigenvalue weighted by molar-refractivity contribution is 6.31. The maximum Gasteiger partial charge on any atom is 0.161 e. The first-order valence-corrected chi connectivity index (χ1v) is 6.88. The lowest BCUT2D eigenvalue weighted by Gasteiger charge is -2.11. The van der Waals surface area contributed by atoms with Crippen LogP contribution in [0.2, 0.25) is 5.02 Å². The fourth-order valence-electron chi connectivity index (χ4n) is 2.02. The molecule has 0 aliphatic heterocycles. The third-order valence-electron chi connectivity index (χ3n) is 3.12. The molecular weight excluding hydrogens is 293 g/mol. The van der Waals surface area contributed by atoms with E-state index in [4.69, 9.17) is 21.1 Å². The van der Waals surface area contributed by atoms with E-state index in [0.717, 1.165) is 11.1 Å². The van der Waals surface area contributed by atoms with Gasteiger partial charge in [0, 0.05) is 13.1 Å². The Morgan fingerprint density at radius 2 is 1.81 bits per heavy atom. The Hall–Kier alpha value is -1.78. The predicted octanol–water partition coefficient (Wildman–Crippen LogP) is 3.79. The van der Waals surface area contributed by atoms with Crippen LogP contribution in [0, 0.1) is 5.82 Å². The second-order valence-corrected chi connectivity index (χ2v) is 4.88. The van der Waals surface area contributed by atoms with Gasteiger partial charge in [-0.25, -0.2) is 4.39 Å². The molecule has 0 aliphatic carbocycles. The number of benzene rings is 2. The third-order valence-corrected chi connectivity index (χ3v) is 3.55. The quantitative estimate of drug-likeness (QED) is 0.880. The number of halogens is 2. The van der Waals surface area contributed by atoms with E-state index in [0.29, 0.717) is 24.6 Å². The van der Waals surface area contributed by atoms with Crippen LogP contribution in [-0.4, -0.2) is 14.2 Å². The lowest BCUT2D eigenvalue weighted by Crippen LogP contribution is -2.13. The Morgan fingerprint density at radius 3 is 2.52 bits per heavy atom. The molecule has 0 atom stereocenters. The molecular formula is C16H17ClFNO2. The number of methoxy groups -OCH3 is 2. The van der Waals surface area contributed by atoms with Crippen molar-refractivity contribution < 1.29 is 13.9 Å². The zero-order valence-electron chi connectivity index (χ0n) is 12.0. The van der Waals surface area contributed by atoms with Crippen LogP contribution < -0.4 is 14.8 Å². The van der Waals surface area contributed by atoms with Gasteiger partial charge >= 0.3 is 0 Å². The van der Waals surface area contributed by atoms with Crippen molar-refractivity contribution in [1.82, 2.24) is 5.32 Å². The van der Waals surface area contributed by atoms with E-state index >= 15 is 0 Å². The average molecular weight is 310 g/mol. The summed E-state index contributed by atoms with van der Waals surface area (Å²) in [6.45, 7) is 1.11. The minimum Gasteiger partial charge on any atom is -0.493 e. The van der Waals surface area contributed by atoms with Crippen LogP contribution in [0.15, 0.2) is 36.4 Å². The maximum atomic E-state index is 13.3. The van der Waals surface area contributed by atoms with E-state index in [1.807, 2.05) is 18.2 Å². The topological polar surface area (TPSA) is 30.5 Å². The van der Waals surface area contributed by atoms with Gasteiger partial charge in [-0.1, -0.05) is 29.8 Å². The molecule has 0 aliphatic rings. The normalized spacial score (nSPS) is 10.5. The SMILES string of the molecule is COc1ccc(CNCc2cccc(F)c2Cl)cc1OC. The molecule has 1 N–H and O–H groups in total. The monoisotopic (exact) mass is 309 g/mol. The summed E-state index contributed by atoms with van der Waals surface area (Å²) in [5.74, 6) is 0.970. The molecule has 3 nitrogen and oxygen atoms in total. The second-order valence-electron chi connectivity index (χ2n) is 4.51. The predicted molar refractivity (Wildman–Crippen MR) is 81.5 cm³/mol. The molecule has 0 bridgehead atoms. The highest BCUT2D eigenvalue weighted by Crippen LogP contribution is 2.27. The van der Waals surface area contributed by atoms with Gasteiger partial charge in [0.1, 0.15) is 5.82 Å². The van der Waals surface area contributed by atoms with Gasteiger partial charge in [0.25, 0.3) is 0 Å². The molecule has 0 unspecified atom stereocenters. The van der Waals surface area contributed by atoms with Gasteiger partial charge in [0.15, 0.2) is 11.5 Å². The Morgan fingerprint density at radius 1 is 1.05 bits per heavy atom. The molecule has 0 radical (unpaired) electrons. The minimum absolute atomic E-state index is 0.164. The van der Waals surface area contributed by atoms with E-state index in [1.165, 1.54) is 6.07 Å². The molecule has 5 heteroatoms. The van der Waals surface area contributed by atoms with Crippen LogP contribution in [0.3, 0.4) is 0 Å². The molecule has 0 amide bonds. The lowest BCUT2D eigenvalue weighted by atomic mass is 10.2. The molecule has 0 fully saturated rings. The number of hydrogen-bond donors (Lipinski definition) is 1. The molecule has 0 spiro atoms. The summed E-state index contributed by atoms with van der Waals surface area (Å²) < 4.78 is 23.8. The lowest BCUT2D eigenvalue weighted by molar-refractivity contribution is 0.354. The summed E-state index contributed by atoms with van der Waals surface area (Å²) in [6.07, 6.45) is 0. The number of hydrogen-bond acceptors (Lipinski definition) is 3. The summed E-state index contributed by atoms with van der Waals surface area (Å²) in [7, 11) is 3.20. The van der Waals surface area contributed by atoms with Crippen LogP contribution in [0.25, 0.3) is 0 Å². The van der Waals surface area contributed by atoms with Crippen molar-refractivity contribution in [3.05, 3.63) is 58.4 Å². The van der Waals surface area contributed by atoms with Crippen LogP contribution in [0.1, 0.15) is 11.1 Å². The van der Waals surface area contributed by atoms with Gasteiger partial charge in [0.2, 0.25) is 0 Å². The van der Waals surface area contributed by atoms with Crippen molar-refractivity contribution in [3.8, 4) is 11.5 Å². The number of nitrogens with one attached hydrogen (secondary N) is 1. The zero-order valence-corrected chi connectivity index (χ0v) is 12.7. The molecule has 0 saturated heterocycles. The Bertz CT molecular complexity index is 619. The molecule has 2 aromatic carbocycles. The van der Waals surface area contributed by atoms with Crippen molar-refractivity contribution in [2.75, 3.05) is 14.2 Å². The Balaban J connectivity index is 1.99. The van der Waals surface area contributed by atoms with Crippen LogP contribution in [-0.2, 0) is 13.1 Å². The highest BCUT2D eigenvalue weighted by Gasteiger charge is 2.06. The molecule has 112 valence electrons. The van der Waals surface area contributed by atoms with Crippen LogP contribution in [0.4, 0.5) is 4.39 Å². The maximum absolute atomic E-state index is 13.3. The van der Waals surface area contributed by atoms with E-state index < -0.39 is 5.82 Å². The summed E-state index contributed by atoms with van der Waals surface area (Å²) in [6, 6.07) is 10.5. The third kappa shape index (κ3) is 3.86. The Kier molecular flexibility index (Phi) is 5.42. The van der Waals surface area contributed by atoms with Crippen molar-refractivity contribution in [3.63, 3.8) is 0 Å². The molecule has 0 saturated carbocycles. The van der Waals surface area contributed by atoms with Crippen LogP contribution >= 0.6 is 11.6 Å². The molecule has 2 aromatic rings. The van der Waals surface area contributed by atoms with Crippen molar-refractivity contribution in [2.24, 2.45) is 0 Å². The molecule has 21 heavy (non-hydrogen) atoms. The van der Waals surface area contributed by atoms with E-state index in [1.54, 1.807) is 26.4 Å². The van der Waals surface area contributed by atoms with Gasteiger partial charge in [-0.3, -0.25) is 0 Å². The second kappa shape index (κ2) is 7.29. The average Bonchev–Trinajstić information content (AvgIpc) is 2.51. The van der Waals surface area contributed by atoms with Crippen molar-refractivity contribution in [1.29, 1.82) is 0 Å². The standard InChI is InChI=1S/C16H17ClFNO2/c1-20-14-7-6-11(8-15(14)21-2)9-19-10-12-4-3-5-13(18)16(12)17/h3-8,19H,9-10H2,1-2H3. The van der Waals surface area contributed by atoms with Crippen molar-refractivity contribution >= 4 is 11.6 Å². The highest BCUT2D eigenvalue weighted by atomic mass is 35.5. The van der Waals surface area contributed by atoms with Gasteiger partial charge in [-0.15, -0.1) is 0 Å². The van der Waals surface area contributed by atoms with E-state index in [-0.39, 0.29) is 5.02 Å². The first kappa shape index (κ1) is 15.6. The first-order valence-electron chi connectivity index (χ1n) is 6.50. The number of ether oxygens (including phenoxy) is 2. The summed E-state index contributed by atoms with van der Waals surface area (Å²) in [5, 5.41) is 3.39. The van der Waals surface area contributed by atoms with Gasteiger partial charge in [-0.05, 0) is 29.3 Å². The van der Waals surface area contributed by atoms with Gasteiger partial charge in [0.05, 0.1) is 19.2 Å². The van der Waals surface area contributed by atoms with E-state index in [2.05, 4.69) is 5.32 Å². The van der Waals surface area contributed by atoms with Gasteiger partial charge < -0.3 is 14.8 Å². The largest absolute Gasteiger partial charge is 0.493 e. The first-order chi connectivity index (χ1) is 10.2. The molecule has 0 aromatic heterocycles. The zero-order chi connectivity index (χ0) is 15.2. The smallest absolute Gasteiger partial charge is 0.161 e. The Labute approximate surface area is 128 Å². The van der Waals surface area contributed by atoms with E-state index in [9.17, 15) is 4.39 Å². The molecule has 0 heterocycles. The summed E-state index contributed by atoms with van der Waals surface area (Å²) in [5.41, 5.74) is 1.78. The van der Waals surface area contributed by atoms with Crippen LogP contribution in [0.5, 0.6) is 11.5 Å². The van der Waals surface area contributed by atoms with Gasteiger partial charge in [-0.2, -0.15) is 0 Å². The number of rotatable bonds is 6. The fraction of sp³-hybridized carbons (Fsp3) is 0.250.